The summed E-state index contributed by atoms with van der Waals surface area (Å²) in [7, 11) is 0. The van der Waals surface area contributed by atoms with Gasteiger partial charge >= 0.3 is 11.9 Å². The molecule has 0 fully saturated rings. The molecule has 0 amide bonds. The number of fused-ring (bicyclic) bond motifs is 1. The molecule has 0 bridgehead atoms. The Morgan fingerprint density at radius 2 is 2.14 bits per heavy atom. The van der Waals surface area contributed by atoms with Gasteiger partial charge < -0.3 is 20.8 Å². The topological polar surface area (TPSA) is 104 Å². The highest BCUT2D eigenvalue weighted by molar-refractivity contribution is 9.10. The number of nitrogens with two attached hydrogens (primary N) is 1. The van der Waals surface area contributed by atoms with Crippen LogP contribution in [0.15, 0.2) is 34.3 Å². The number of halogens is 1. The maximum Gasteiger partial charge on any atom is 0.333 e. The van der Waals surface area contributed by atoms with Crippen LogP contribution in [0.1, 0.15) is 5.56 Å². The van der Waals surface area contributed by atoms with Crippen molar-refractivity contribution in [2.75, 3.05) is 18.0 Å². The monoisotopic (exact) mass is 354 g/mol. The Hall–Kier alpha value is -1.86. The maximum atomic E-state index is 11.1. The molecule has 2 rings (SSSR count). The zero-order chi connectivity index (χ0) is 15.6. The summed E-state index contributed by atoms with van der Waals surface area (Å²) in [6, 6.07) is 5.05. The van der Waals surface area contributed by atoms with E-state index in [9.17, 15) is 9.59 Å². The van der Waals surface area contributed by atoms with Crippen LogP contribution < -0.4 is 10.6 Å². The minimum Gasteiger partial charge on any atom is -0.478 e. The lowest BCUT2D eigenvalue weighted by atomic mass is 10.1. The summed E-state index contributed by atoms with van der Waals surface area (Å²) in [4.78, 5) is 23.8. The number of carboxylic acid groups (broad SMARTS) is 2. The molecule has 1 aliphatic heterocycles. The van der Waals surface area contributed by atoms with E-state index in [1.165, 1.54) is 5.56 Å². The van der Waals surface area contributed by atoms with E-state index in [4.69, 9.17) is 15.9 Å². The molecule has 112 valence electrons. The normalized spacial score (nSPS) is 15.7. The Labute approximate surface area is 130 Å². The van der Waals surface area contributed by atoms with Gasteiger partial charge in [0, 0.05) is 29.3 Å². The van der Waals surface area contributed by atoms with E-state index in [2.05, 4.69) is 15.9 Å². The molecule has 0 saturated heterocycles. The van der Waals surface area contributed by atoms with Crippen LogP contribution in [0.2, 0.25) is 0 Å². The number of aliphatic carboxylic acids is 2. The second-order valence-corrected chi connectivity index (χ2v) is 5.73. The SMILES string of the molecule is NC(CN1CCc2ccc(Br)cc21)C(=CC(=O)O)C(=O)O. The van der Waals surface area contributed by atoms with Gasteiger partial charge in [0.25, 0.3) is 0 Å². The summed E-state index contributed by atoms with van der Waals surface area (Å²) in [6.07, 6.45) is 1.52. The van der Waals surface area contributed by atoms with Crippen LogP contribution >= 0.6 is 15.9 Å². The van der Waals surface area contributed by atoms with Crippen molar-refractivity contribution in [1.29, 1.82) is 0 Å². The minimum absolute atomic E-state index is 0.259. The number of rotatable bonds is 5. The third-order valence-electron chi connectivity index (χ3n) is 3.38. The molecule has 0 aromatic heterocycles. The number of nitrogens with zero attached hydrogens (tertiary/aromatic N) is 1. The molecule has 1 heterocycles. The molecule has 7 heteroatoms. The van der Waals surface area contributed by atoms with Gasteiger partial charge in [0.1, 0.15) is 0 Å². The van der Waals surface area contributed by atoms with Crippen LogP contribution in [0.5, 0.6) is 0 Å². The Bertz CT molecular complexity index is 615. The fourth-order valence-corrected chi connectivity index (χ4v) is 2.75. The van der Waals surface area contributed by atoms with Crippen molar-refractivity contribution in [2.24, 2.45) is 5.73 Å². The van der Waals surface area contributed by atoms with Crippen molar-refractivity contribution in [2.45, 2.75) is 12.5 Å². The Morgan fingerprint density at radius 1 is 1.43 bits per heavy atom. The van der Waals surface area contributed by atoms with Crippen molar-refractivity contribution < 1.29 is 19.8 Å². The first-order valence-corrected chi connectivity index (χ1v) is 7.14. The van der Waals surface area contributed by atoms with Crippen LogP contribution in [0, 0.1) is 0 Å². The lowest BCUT2D eigenvalue weighted by molar-refractivity contribution is -0.135. The fraction of sp³-hybridized carbons (Fsp3) is 0.286. The first kappa shape index (κ1) is 15.5. The molecule has 0 spiro atoms. The molecule has 0 saturated carbocycles. The van der Waals surface area contributed by atoms with Gasteiger partial charge in [-0.1, -0.05) is 22.0 Å². The van der Waals surface area contributed by atoms with Gasteiger partial charge in [-0.2, -0.15) is 0 Å². The molecule has 1 aliphatic rings. The van der Waals surface area contributed by atoms with Crippen LogP contribution in [-0.4, -0.2) is 41.3 Å². The average Bonchev–Trinajstić information content (AvgIpc) is 2.78. The fourth-order valence-electron chi connectivity index (χ4n) is 2.40. The molecule has 1 atom stereocenters. The zero-order valence-electron chi connectivity index (χ0n) is 11.1. The van der Waals surface area contributed by atoms with Crippen molar-refractivity contribution in [1.82, 2.24) is 0 Å². The van der Waals surface area contributed by atoms with E-state index in [0.29, 0.717) is 6.08 Å². The number of carboxylic acids is 2. The molecule has 21 heavy (non-hydrogen) atoms. The molecule has 4 N–H and O–H groups in total. The van der Waals surface area contributed by atoms with E-state index in [-0.39, 0.29) is 12.1 Å². The maximum absolute atomic E-state index is 11.1. The van der Waals surface area contributed by atoms with E-state index in [1.807, 2.05) is 23.1 Å². The van der Waals surface area contributed by atoms with E-state index < -0.39 is 18.0 Å². The van der Waals surface area contributed by atoms with Crippen LogP contribution in [0.25, 0.3) is 0 Å². The summed E-state index contributed by atoms with van der Waals surface area (Å²) in [5, 5.41) is 17.8. The Morgan fingerprint density at radius 3 is 2.76 bits per heavy atom. The molecule has 1 unspecified atom stereocenters. The summed E-state index contributed by atoms with van der Waals surface area (Å²) in [5.41, 5.74) is 7.75. The lowest BCUT2D eigenvalue weighted by Crippen LogP contribution is -2.40. The highest BCUT2D eigenvalue weighted by Crippen LogP contribution is 2.31. The van der Waals surface area contributed by atoms with Crippen molar-refractivity contribution in [3.8, 4) is 0 Å². The van der Waals surface area contributed by atoms with Crippen molar-refractivity contribution >= 4 is 33.6 Å². The molecule has 6 nitrogen and oxygen atoms in total. The van der Waals surface area contributed by atoms with Gasteiger partial charge in [-0.05, 0) is 24.1 Å². The first-order chi connectivity index (χ1) is 9.88. The van der Waals surface area contributed by atoms with Gasteiger partial charge in [-0.3, -0.25) is 0 Å². The van der Waals surface area contributed by atoms with Crippen molar-refractivity contribution in [3.05, 3.63) is 39.9 Å². The number of anilines is 1. The zero-order valence-corrected chi connectivity index (χ0v) is 12.7. The summed E-state index contributed by atoms with van der Waals surface area (Å²) in [5.74, 6) is -2.62. The number of hydrogen-bond donors (Lipinski definition) is 3. The third-order valence-corrected chi connectivity index (χ3v) is 3.87. The molecular weight excluding hydrogens is 340 g/mol. The minimum atomic E-state index is -1.31. The van der Waals surface area contributed by atoms with Crippen LogP contribution in [-0.2, 0) is 16.0 Å². The lowest BCUT2D eigenvalue weighted by Gasteiger charge is -2.24. The third kappa shape index (κ3) is 3.62. The smallest absolute Gasteiger partial charge is 0.333 e. The molecule has 1 aromatic rings. The van der Waals surface area contributed by atoms with Gasteiger partial charge in [0.15, 0.2) is 0 Å². The highest BCUT2D eigenvalue weighted by Gasteiger charge is 2.25. The highest BCUT2D eigenvalue weighted by atomic mass is 79.9. The van der Waals surface area contributed by atoms with Gasteiger partial charge in [-0.15, -0.1) is 0 Å². The van der Waals surface area contributed by atoms with E-state index in [0.717, 1.165) is 23.1 Å². The molecular formula is C14H15BrN2O4. The first-order valence-electron chi connectivity index (χ1n) is 6.35. The largest absolute Gasteiger partial charge is 0.478 e. The quantitative estimate of drug-likeness (QED) is 0.687. The molecule has 0 radical (unpaired) electrons. The average molecular weight is 355 g/mol. The number of hydrogen-bond acceptors (Lipinski definition) is 4. The molecule has 0 aliphatic carbocycles. The van der Waals surface area contributed by atoms with E-state index >= 15 is 0 Å². The van der Waals surface area contributed by atoms with E-state index in [1.54, 1.807) is 0 Å². The van der Waals surface area contributed by atoms with Gasteiger partial charge in [0.2, 0.25) is 0 Å². The van der Waals surface area contributed by atoms with Crippen molar-refractivity contribution in [3.63, 3.8) is 0 Å². The number of benzene rings is 1. The number of carbonyl (C=O) groups is 2. The summed E-state index contributed by atoms with van der Waals surface area (Å²) in [6.45, 7) is 0.994. The van der Waals surface area contributed by atoms with Gasteiger partial charge in [0.05, 0.1) is 11.6 Å². The Kier molecular flexibility index (Phi) is 4.64. The predicted octanol–water partition coefficient (Wildman–Crippen LogP) is 1.23. The summed E-state index contributed by atoms with van der Waals surface area (Å²) < 4.78 is 0.932. The second kappa shape index (κ2) is 6.28. The standard InChI is InChI=1S/C14H15BrN2O4/c15-9-2-1-8-3-4-17(12(8)5-9)7-11(16)10(14(20)21)6-13(18)19/h1-2,5-6,11H,3-4,7,16H2,(H,18,19)(H,20,21). The molecule has 1 aromatic carbocycles. The Balaban J connectivity index is 2.18. The van der Waals surface area contributed by atoms with Crippen LogP contribution in [0.4, 0.5) is 5.69 Å². The van der Waals surface area contributed by atoms with Gasteiger partial charge in [-0.25, -0.2) is 9.59 Å². The van der Waals surface area contributed by atoms with Crippen LogP contribution in [0.3, 0.4) is 0 Å². The summed E-state index contributed by atoms with van der Waals surface area (Å²) >= 11 is 3.40. The second-order valence-electron chi connectivity index (χ2n) is 4.82. The predicted molar refractivity (Wildman–Crippen MR) is 81.4 cm³/mol.